The Morgan fingerprint density at radius 3 is 2.38 bits per heavy atom. The average Bonchev–Trinajstić information content (AvgIpc) is 2.24. The Hall–Kier alpha value is -1.42. The van der Waals surface area contributed by atoms with Crippen LogP contribution in [0.1, 0.15) is 24.8 Å². The summed E-state index contributed by atoms with van der Waals surface area (Å²) < 4.78 is 10.5. The van der Waals surface area contributed by atoms with Gasteiger partial charge in [-0.3, -0.25) is 0 Å². The Balaban J connectivity index is 2.53. The van der Waals surface area contributed by atoms with Crippen molar-refractivity contribution in [3.8, 4) is 17.2 Å². The van der Waals surface area contributed by atoms with Gasteiger partial charge in [-0.2, -0.15) is 0 Å². The van der Waals surface area contributed by atoms with Gasteiger partial charge in [0.05, 0.1) is 14.2 Å². The van der Waals surface area contributed by atoms with E-state index >= 15 is 0 Å². The van der Waals surface area contributed by atoms with Crippen molar-refractivity contribution in [2.45, 2.75) is 24.8 Å². The van der Waals surface area contributed by atoms with Crippen LogP contribution in [-0.2, 0) is 5.54 Å². The van der Waals surface area contributed by atoms with Crippen molar-refractivity contribution in [2.75, 3.05) is 14.2 Å². The van der Waals surface area contributed by atoms with Crippen LogP contribution in [0.3, 0.4) is 0 Å². The van der Waals surface area contributed by atoms with Gasteiger partial charge in [0.2, 0.25) is 0 Å². The van der Waals surface area contributed by atoms with Crippen LogP contribution in [0, 0.1) is 0 Å². The van der Waals surface area contributed by atoms with Crippen LogP contribution >= 0.6 is 0 Å². The number of phenolic OH excluding ortho intramolecular Hbond substituents is 1. The first kappa shape index (κ1) is 11.1. The number of rotatable bonds is 3. The van der Waals surface area contributed by atoms with E-state index in [9.17, 15) is 5.11 Å². The zero-order valence-electron chi connectivity index (χ0n) is 9.62. The highest BCUT2D eigenvalue weighted by atomic mass is 16.5. The molecule has 1 aliphatic rings. The number of nitrogens with two attached hydrogens (primary N) is 1. The number of methoxy groups -OCH3 is 2. The topological polar surface area (TPSA) is 64.7 Å². The summed E-state index contributed by atoms with van der Waals surface area (Å²) in [6.07, 6.45) is 2.93. The monoisotopic (exact) mass is 223 g/mol. The Morgan fingerprint density at radius 2 is 1.94 bits per heavy atom. The summed E-state index contributed by atoms with van der Waals surface area (Å²) >= 11 is 0. The van der Waals surface area contributed by atoms with E-state index in [1.165, 1.54) is 6.07 Å². The minimum atomic E-state index is -0.378. The summed E-state index contributed by atoms with van der Waals surface area (Å²) in [6.45, 7) is 0. The highest BCUT2D eigenvalue weighted by Crippen LogP contribution is 2.47. The van der Waals surface area contributed by atoms with Crippen molar-refractivity contribution in [1.82, 2.24) is 0 Å². The first-order chi connectivity index (χ1) is 7.60. The van der Waals surface area contributed by atoms with Crippen LogP contribution in [0.15, 0.2) is 12.1 Å². The van der Waals surface area contributed by atoms with Crippen molar-refractivity contribution in [3.63, 3.8) is 0 Å². The van der Waals surface area contributed by atoms with Gasteiger partial charge in [0.25, 0.3) is 0 Å². The predicted octanol–water partition coefficient (Wildman–Crippen LogP) is 1.75. The van der Waals surface area contributed by atoms with Crippen LogP contribution in [-0.4, -0.2) is 19.3 Å². The van der Waals surface area contributed by atoms with E-state index in [0.29, 0.717) is 11.5 Å². The second-order valence-electron chi connectivity index (χ2n) is 4.24. The smallest absolute Gasteiger partial charge is 0.166 e. The second-order valence-corrected chi connectivity index (χ2v) is 4.24. The maximum absolute atomic E-state index is 9.64. The average molecular weight is 223 g/mol. The molecule has 0 atom stereocenters. The van der Waals surface area contributed by atoms with Crippen molar-refractivity contribution in [2.24, 2.45) is 5.73 Å². The van der Waals surface area contributed by atoms with Gasteiger partial charge in [-0.1, -0.05) is 0 Å². The maximum atomic E-state index is 9.64. The molecular weight excluding hydrogens is 206 g/mol. The predicted molar refractivity (Wildman–Crippen MR) is 60.9 cm³/mol. The summed E-state index contributed by atoms with van der Waals surface area (Å²) in [5, 5.41) is 9.64. The van der Waals surface area contributed by atoms with Gasteiger partial charge in [0.15, 0.2) is 11.5 Å². The molecule has 0 saturated heterocycles. The second kappa shape index (κ2) is 3.87. The van der Waals surface area contributed by atoms with Gasteiger partial charge >= 0.3 is 0 Å². The van der Waals surface area contributed by atoms with E-state index < -0.39 is 0 Å². The lowest BCUT2D eigenvalue weighted by Gasteiger charge is -2.39. The highest BCUT2D eigenvalue weighted by Gasteiger charge is 2.38. The van der Waals surface area contributed by atoms with Crippen molar-refractivity contribution in [1.29, 1.82) is 0 Å². The molecule has 2 rings (SSSR count). The van der Waals surface area contributed by atoms with Crippen LogP contribution in [0.4, 0.5) is 0 Å². The summed E-state index contributed by atoms with van der Waals surface area (Å²) in [6, 6.07) is 3.20. The molecule has 1 aliphatic carbocycles. The molecule has 4 heteroatoms. The summed E-state index contributed by atoms with van der Waals surface area (Å²) in [5.74, 6) is 1.31. The van der Waals surface area contributed by atoms with E-state index in [2.05, 4.69) is 0 Å². The van der Waals surface area contributed by atoms with Crippen LogP contribution in [0.25, 0.3) is 0 Å². The molecule has 16 heavy (non-hydrogen) atoms. The summed E-state index contributed by atoms with van der Waals surface area (Å²) in [7, 11) is 3.13. The minimum absolute atomic E-state index is 0.157. The standard InChI is InChI=1S/C12H17NO3/c1-15-10-7-8(14)6-9(11(10)16-2)12(13)4-3-5-12/h6-7,14H,3-5,13H2,1-2H3. The molecule has 0 aromatic heterocycles. The Labute approximate surface area is 95.0 Å². The van der Waals surface area contributed by atoms with E-state index in [-0.39, 0.29) is 11.3 Å². The van der Waals surface area contributed by atoms with E-state index in [1.807, 2.05) is 0 Å². The number of aromatic hydroxyl groups is 1. The zero-order valence-corrected chi connectivity index (χ0v) is 9.62. The minimum Gasteiger partial charge on any atom is -0.508 e. The molecule has 1 aromatic carbocycles. The summed E-state index contributed by atoms with van der Waals surface area (Å²) in [4.78, 5) is 0. The van der Waals surface area contributed by atoms with E-state index in [0.717, 1.165) is 24.8 Å². The lowest BCUT2D eigenvalue weighted by molar-refractivity contribution is 0.239. The molecule has 4 nitrogen and oxygen atoms in total. The largest absolute Gasteiger partial charge is 0.508 e. The molecule has 0 spiro atoms. The quantitative estimate of drug-likeness (QED) is 0.819. The zero-order chi connectivity index (χ0) is 11.8. The lowest BCUT2D eigenvalue weighted by Crippen LogP contribution is -2.43. The van der Waals surface area contributed by atoms with Gasteiger partial charge in [-0.15, -0.1) is 0 Å². The fourth-order valence-electron chi connectivity index (χ4n) is 2.15. The normalized spacial score (nSPS) is 17.7. The van der Waals surface area contributed by atoms with Crippen molar-refractivity contribution < 1.29 is 14.6 Å². The first-order valence-electron chi connectivity index (χ1n) is 5.35. The maximum Gasteiger partial charge on any atom is 0.166 e. The molecule has 1 fully saturated rings. The van der Waals surface area contributed by atoms with Gasteiger partial charge in [-0.05, 0) is 25.3 Å². The van der Waals surface area contributed by atoms with Gasteiger partial charge < -0.3 is 20.3 Å². The lowest BCUT2D eigenvalue weighted by atomic mass is 9.72. The number of phenols is 1. The third kappa shape index (κ3) is 1.59. The number of ether oxygens (including phenoxy) is 2. The van der Waals surface area contributed by atoms with E-state index in [1.54, 1.807) is 20.3 Å². The van der Waals surface area contributed by atoms with Gasteiger partial charge in [-0.25, -0.2) is 0 Å². The Bertz CT molecular complexity index is 399. The molecule has 88 valence electrons. The van der Waals surface area contributed by atoms with Gasteiger partial charge in [0, 0.05) is 17.2 Å². The molecule has 0 amide bonds. The fourth-order valence-corrected chi connectivity index (χ4v) is 2.15. The van der Waals surface area contributed by atoms with Crippen molar-refractivity contribution in [3.05, 3.63) is 17.7 Å². The Kier molecular flexibility index (Phi) is 2.68. The van der Waals surface area contributed by atoms with Crippen LogP contribution < -0.4 is 15.2 Å². The fraction of sp³-hybridized carbons (Fsp3) is 0.500. The summed E-state index contributed by atoms with van der Waals surface area (Å²) in [5.41, 5.74) is 6.70. The number of hydrogen-bond acceptors (Lipinski definition) is 4. The van der Waals surface area contributed by atoms with Crippen molar-refractivity contribution >= 4 is 0 Å². The third-order valence-corrected chi connectivity index (χ3v) is 3.25. The van der Waals surface area contributed by atoms with Gasteiger partial charge in [0.1, 0.15) is 5.75 Å². The van der Waals surface area contributed by atoms with Crippen LogP contribution in [0.5, 0.6) is 17.2 Å². The molecule has 3 N–H and O–H groups in total. The molecule has 1 saturated carbocycles. The third-order valence-electron chi connectivity index (χ3n) is 3.25. The molecular formula is C12H17NO3. The molecule has 0 radical (unpaired) electrons. The Morgan fingerprint density at radius 1 is 1.25 bits per heavy atom. The molecule has 0 heterocycles. The molecule has 0 aliphatic heterocycles. The number of benzene rings is 1. The first-order valence-corrected chi connectivity index (χ1v) is 5.35. The highest BCUT2D eigenvalue weighted by molar-refractivity contribution is 5.54. The molecule has 1 aromatic rings. The van der Waals surface area contributed by atoms with Crippen LogP contribution in [0.2, 0.25) is 0 Å². The SMILES string of the molecule is COc1cc(O)cc(C2(N)CCC2)c1OC. The molecule has 0 unspecified atom stereocenters. The number of hydrogen-bond donors (Lipinski definition) is 2. The molecule has 0 bridgehead atoms. The van der Waals surface area contributed by atoms with E-state index in [4.69, 9.17) is 15.2 Å².